The Bertz CT molecular complexity index is 325. The molecule has 0 radical (unpaired) electrons. The van der Waals surface area contributed by atoms with Crippen LogP contribution in [0.5, 0.6) is 0 Å². The van der Waals surface area contributed by atoms with Crippen molar-refractivity contribution in [1.29, 1.82) is 0 Å². The first-order valence-corrected chi connectivity index (χ1v) is 7.12. The van der Waals surface area contributed by atoms with Crippen molar-refractivity contribution in [3.63, 3.8) is 0 Å². The van der Waals surface area contributed by atoms with Crippen LogP contribution in [0.3, 0.4) is 0 Å². The van der Waals surface area contributed by atoms with Crippen LogP contribution in [0.15, 0.2) is 0 Å². The first kappa shape index (κ1) is 15.8. The third kappa shape index (κ3) is 5.49. The lowest BCUT2D eigenvalue weighted by atomic mass is 9.92. The molecule has 0 heterocycles. The van der Waals surface area contributed by atoms with E-state index in [4.69, 9.17) is 5.11 Å². The Balaban J connectivity index is 2.15. The molecule has 0 bridgehead atoms. The Morgan fingerprint density at radius 3 is 2.37 bits per heavy atom. The van der Waals surface area contributed by atoms with Gasteiger partial charge in [0, 0.05) is 19.0 Å². The summed E-state index contributed by atoms with van der Waals surface area (Å²) in [7, 11) is 0. The van der Waals surface area contributed by atoms with Gasteiger partial charge in [-0.15, -0.1) is 0 Å². The molecule has 1 aliphatic rings. The molecule has 1 unspecified atom stereocenters. The normalized spacial score (nSPS) is 17.9. The standard InChI is InChI=1S/C14H26N2O3/c1-10(2)14(7-8-14)9-15-13(19)16-11(3)5-4-6-12(17)18/h10-11H,4-9H2,1-3H3,(H,17,18)(H2,15,16,19). The van der Waals surface area contributed by atoms with Gasteiger partial charge in [0.15, 0.2) is 0 Å². The van der Waals surface area contributed by atoms with Crippen molar-refractivity contribution in [2.24, 2.45) is 11.3 Å². The van der Waals surface area contributed by atoms with E-state index in [0.717, 1.165) is 6.54 Å². The van der Waals surface area contributed by atoms with Gasteiger partial charge in [0.1, 0.15) is 0 Å². The zero-order valence-electron chi connectivity index (χ0n) is 12.2. The van der Waals surface area contributed by atoms with Crippen LogP contribution >= 0.6 is 0 Å². The first-order chi connectivity index (χ1) is 8.85. The molecule has 0 aromatic heterocycles. The second-order valence-electron chi connectivity index (χ2n) is 6.03. The second-order valence-corrected chi connectivity index (χ2v) is 6.03. The zero-order chi connectivity index (χ0) is 14.5. The van der Waals surface area contributed by atoms with Crippen LogP contribution in [0.2, 0.25) is 0 Å². The molecule has 3 N–H and O–H groups in total. The van der Waals surface area contributed by atoms with E-state index in [1.807, 2.05) is 6.92 Å². The molecular formula is C14H26N2O3. The smallest absolute Gasteiger partial charge is 0.315 e. The van der Waals surface area contributed by atoms with Gasteiger partial charge in [0.2, 0.25) is 0 Å². The van der Waals surface area contributed by atoms with E-state index in [1.165, 1.54) is 12.8 Å². The summed E-state index contributed by atoms with van der Waals surface area (Å²) in [6, 6.07) is -0.136. The van der Waals surface area contributed by atoms with Gasteiger partial charge in [-0.2, -0.15) is 0 Å². The topological polar surface area (TPSA) is 78.4 Å². The van der Waals surface area contributed by atoms with Crippen molar-refractivity contribution in [3.05, 3.63) is 0 Å². The number of amides is 2. The summed E-state index contributed by atoms with van der Waals surface area (Å²) < 4.78 is 0. The molecule has 0 aromatic carbocycles. The summed E-state index contributed by atoms with van der Waals surface area (Å²) in [4.78, 5) is 22.1. The molecule has 1 saturated carbocycles. The molecule has 2 amide bonds. The van der Waals surface area contributed by atoms with Crippen molar-refractivity contribution in [2.75, 3.05) is 6.54 Å². The molecule has 0 aliphatic heterocycles. The molecule has 1 fully saturated rings. The number of carboxylic acids is 1. The molecule has 5 heteroatoms. The number of rotatable bonds is 8. The van der Waals surface area contributed by atoms with E-state index in [1.54, 1.807) is 0 Å². The largest absolute Gasteiger partial charge is 0.481 e. The van der Waals surface area contributed by atoms with Gasteiger partial charge < -0.3 is 15.7 Å². The van der Waals surface area contributed by atoms with Crippen molar-refractivity contribution in [2.45, 2.75) is 58.9 Å². The van der Waals surface area contributed by atoms with Crippen LogP contribution in [0.4, 0.5) is 4.79 Å². The molecule has 0 spiro atoms. The fourth-order valence-corrected chi connectivity index (χ4v) is 2.28. The monoisotopic (exact) mass is 270 g/mol. The van der Waals surface area contributed by atoms with Crippen LogP contribution in [0.1, 0.15) is 52.9 Å². The van der Waals surface area contributed by atoms with Crippen LogP contribution < -0.4 is 10.6 Å². The molecule has 0 aromatic rings. The van der Waals surface area contributed by atoms with E-state index < -0.39 is 5.97 Å². The molecule has 19 heavy (non-hydrogen) atoms. The quantitative estimate of drug-likeness (QED) is 0.633. The Morgan fingerprint density at radius 1 is 1.26 bits per heavy atom. The van der Waals surface area contributed by atoms with Gasteiger partial charge in [0.25, 0.3) is 0 Å². The predicted molar refractivity (Wildman–Crippen MR) is 74.0 cm³/mol. The highest BCUT2D eigenvalue weighted by Gasteiger charge is 2.45. The lowest BCUT2D eigenvalue weighted by Crippen LogP contribution is -2.43. The van der Waals surface area contributed by atoms with Crippen LogP contribution in [0, 0.1) is 11.3 Å². The molecule has 1 aliphatic carbocycles. The van der Waals surface area contributed by atoms with E-state index in [9.17, 15) is 9.59 Å². The van der Waals surface area contributed by atoms with E-state index in [-0.39, 0.29) is 18.5 Å². The molecule has 110 valence electrons. The maximum absolute atomic E-state index is 11.7. The predicted octanol–water partition coefficient (Wildman–Crippen LogP) is 2.37. The number of carboxylic acid groups (broad SMARTS) is 1. The van der Waals surface area contributed by atoms with Crippen molar-refractivity contribution in [3.8, 4) is 0 Å². The van der Waals surface area contributed by atoms with Crippen molar-refractivity contribution >= 4 is 12.0 Å². The second kappa shape index (κ2) is 6.78. The van der Waals surface area contributed by atoms with Gasteiger partial charge >= 0.3 is 12.0 Å². The molecule has 0 saturated heterocycles. The summed E-state index contributed by atoms with van der Waals surface area (Å²) >= 11 is 0. The number of urea groups is 1. The van der Waals surface area contributed by atoms with Gasteiger partial charge in [-0.05, 0) is 43.9 Å². The van der Waals surface area contributed by atoms with E-state index >= 15 is 0 Å². The van der Waals surface area contributed by atoms with Crippen LogP contribution in [-0.4, -0.2) is 29.7 Å². The number of hydrogen-bond acceptors (Lipinski definition) is 2. The van der Waals surface area contributed by atoms with Crippen molar-refractivity contribution < 1.29 is 14.7 Å². The minimum absolute atomic E-state index is 0.00792. The van der Waals surface area contributed by atoms with Crippen LogP contribution in [0.25, 0.3) is 0 Å². The number of hydrogen-bond donors (Lipinski definition) is 3. The lowest BCUT2D eigenvalue weighted by Gasteiger charge is -2.21. The summed E-state index contributed by atoms with van der Waals surface area (Å²) in [5, 5.41) is 14.3. The first-order valence-electron chi connectivity index (χ1n) is 7.12. The minimum atomic E-state index is -0.788. The summed E-state index contributed by atoms with van der Waals surface area (Å²) in [6.45, 7) is 7.03. The summed E-state index contributed by atoms with van der Waals surface area (Å²) in [5.74, 6) is -0.190. The zero-order valence-corrected chi connectivity index (χ0v) is 12.2. The fourth-order valence-electron chi connectivity index (χ4n) is 2.28. The third-order valence-electron chi connectivity index (χ3n) is 4.12. The van der Waals surface area contributed by atoms with Crippen LogP contribution in [-0.2, 0) is 4.79 Å². The highest BCUT2D eigenvalue weighted by atomic mass is 16.4. The van der Waals surface area contributed by atoms with Gasteiger partial charge in [-0.1, -0.05) is 13.8 Å². The third-order valence-corrected chi connectivity index (χ3v) is 4.12. The maximum Gasteiger partial charge on any atom is 0.315 e. The maximum atomic E-state index is 11.7. The Kier molecular flexibility index (Phi) is 5.63. The highest BCUT2D eigenvalue weighted by Crippen LogP contribution is 2.51. The fraction of sp³-hybridized carbons (Fsp3) is 0.857. The minimum Gasteiger partial charge on any atom is -0.481 e. The van der Waals surface area contributed by atoms with Gasteiger partial charge in [-0.3, -0.25) is 4.79 Å². The molecular weight excluding hydrogens is 244 g/mol. The Morgan fingerprint density at radius 2 is 1.89 bits per heavy atom. The summed E-state index contributed by atoms with van der Waals surface area (Å²) in [5.41, 5.74) is 0.309. The van der Waals surface area contributed by atoms with Gasteiger partial charge in [-0.25, -0.2) is 4.79 Å². The van der Waals surface area contributed by atoms with E-state index in [2.05, 4.69) is 24.5 Å². The van der Waals surface area contributed by atoms with Gasteiger partial charge in [0.05, 0.1) is 0 Å². The number of carbonyl (C=O) groups excluding carboxylic acids is 1. The highest BCUT2D eigenvalue weighted by molar-refractivity contribution is 5.74. The average molecular weight is 270 g/mol. The Hall–Kier alpha value is -1.26. The molecule has 1 atom stereocenters. The lowest BCUT2D eigenvalue weighted by molar-refractivity contribution is -0.137. The summed E-state index contributed by atoms with van der Waals surface area (Å²) in [6.07, 6.45) is 3.82. The molecule has 1 rings (SSSR count). The average Bonchev–Trinajstić information content (AvgIpc) is 3.06. The van der Waals surface area contributed by atoms with Crippen molar-refractivity contribution in [1.82, 2.24) is 10.6 Å². The number of nitrogens with one attached hydrogen (secondary N) is 2. The number of carbonyl (C=O) groups is 2. The number of aliphatic carboxylic acids is 1. The Labute approximate surface area is 115 Å². The molecule has 5 nitrogen and oxygen atoms in total. The SMILES string of the molecule is CC(CCCC(=O)O)NC(=O)NCC1(C(C)C)CC1. The van der Waals surface area contributed by atoms with E-state index in [0.29, 0.717) is 24.2 Å².